The monoisotopic (exact) mass is 501 g/mol. The van der Waals surface area contributed by atoms with Crippen LogP contribution < -0.4 is 14.2 Å². The van der Waals surface area contributed by atoms with Gasteiger partial charge in [-0.05, 0) is 86.3 Å². The van der Waals surface area contributed by atoms with E-state index < -0.39 is 6.10 Å². The van der Waals surface area contributed by atoms with Crippen molar-refractivity contribution in [3.05, 3.63) is 77.4 Å². The normalized spacial score (nSPS) is 20.3. The SMILES string of the molecule is COc1cc(O)ccc1C1=C(C)c2cc(O)ccc2OC1c1ccc(OCC(C)N2CCC(C)C2)cc1. The maximum atomic E-state index is 10.1. The molecule has 6 nitrogen and oxygen atoms in total. The predicted molar refractivity (Wildman–Crippen MR) is 145 cm³/mol. The van der Waals surface area contributed by atoms with E-state index in [1.807, 2.05) is 37.3 Å². The number of likely N-dealkylation sites (tertiary alicyclic amines) is 1. The van der Waals surface area contributed by atoms with Crippen LogP contribution in [0.5, 0.6) is 28.7 Å². The smallest absolute Gasteiger partial charge is 0.150 e. The summed E-state index contributed by atoms with van der Waals surface area (Å²) >= 11 is 0. The van der Waals surface area contributed by atoms with E-state index in [-0.39, 0.29) is 11.5 Å². The van der Waals surface area contributed by atoms with Crippen molar-refractivity contribution in [1.82, 2.24) is 4.90 Å². The van der Waals surface area contributed by atoms with Gasteiger partial charge in [0.2, 0.25) is 0 Å². The lowest BCUT2D eigenvalue weighted by Crippen LogP contribution is -2.35. The van der Waals surface area contributed by atoms with E-state index in [1.54, 1.807) is 37.4 Å². The van der Waals surface area contributed by atoms with Crippen molar-refractivity contribution in [3.8, 4) is 28.7 Å². The van der Waals surface area contributed by atoms with Gasteiger partial charge in [-0.2, -0.15) is 0 Å². The summed E-state index contributed by atoms with van der Waals surface area (Å²) in [4.78, 5) is 2.50. The number of nitrogens with zero attached hydrogens (tertiary/aromatic N) is 1. The van der Waals surface area contributed by atoms with Gasteiger partial charge in [0, 0.05) is 35.4 Å². The summed E-state index contributed by atoms with van der Waals surface area (Å²) in [5.41, 5.74) is 4.51. The van der Waals surface area contributed by atoms with E-state index in [0.29, 0.717) is 24.1 Å². The van der Waals surface area contributed by atoms with Crippen molar-refractivity contribution in [2.75, 3.05) is 26.8 Å². The number of allylic oxidation sites excluding steroid dienone is 1. The van der Waals surface area contributed by atoms with Crippen molar-refractivity contribution in [2.45, 2.75) is 39.3 Å². The molecule has 0 aromatic heterocycles. The summed E-state index contributed by atoms with van der Waals surface area (Å²) in [7, 11) is 1.59. The van der Waals surface area contributed by atoms with Crippen molar-refractivity contribution in [1.29, 1.82) is 0 Å². The fourth-order valence-corrected chi connectivity index (χ4v) is 5.35. The molecule has 2 aliphatic heterocycles. The highest BCUT2D eigenvalue weighted by atomic mass is 16.5. The van der Waals surface area contributed by atoms with E-state index in [2.05, 4.69) is 18.7 Å². The van der Waals surface area contributed by atoms with Crippen LogP contribution in [0.25, 0.3) is 11.1 Å². The van der Waals surface area contributed by atoms with Crippen molar-refractivity contribution in [2.24, 2.45) is 5.92 Å². The molecule has 37 heavy (non-hydrogen) atoms. The van der Waals surface area contributed by atoms with Gasteiger partial charge in [-0.3, -0.25) is 4.90 Å². The minimum atomic E-state index is -0.408. The average Bonchev–Trinajstić information content (AvgIpc) is 3.34. The lowest BCUT2D eigenvalue weighted by molar-refractivity contribution is 0.169. The van der Waals surface area contributed by atoms with Crippen molar-refractivity contribution < 1.29 is 24.4 Å². The van der Waals surface area contributed by atoms with Gasteiger partial charge in [-0.25, -0.2) is 0 Å². The Morgan fingerprint density at radius 2 is 1.73 bits per heavy atom. The molecular formula is C31H35NO5. The highest BCUT2D eigenvalue weighted by Crippen LogP contribution is 2.49. The molecule has 0 spiro atoms. The molecule has 194 valence electrons. The molecule has 0 radical (unpaired) electrons. The lowest BCUT2D eigenvalue weighted by Gasteiger charge is -2.32. The molecule has 1 fully saturated rings. The Morgan fingerprint density at radius 3 is 2.43 bits per heavy atom. The third-order valence-corrected chi connectivity index (χ3v) is 7.51. The maximum absolute atomic E-state index is 10.1. The standard InChI is InChI=1S/C31H35NO5/c1-19-13-14-32(17-19)20(2)18-36-25-9-5-22(6-10-25)31-30(26-11-7-24(34)16-29(26)35-4)21(3)27-15-23(33)8-12-28(27)37-31/h5-12,15-16,19-20,31,33-34H,13-14,17-18H2,1-4H3. The van der Waals surface area contributed by atoms with Crippen LogP contribution in [0.4, 0.5) is 0 Å². The van der Waals surface area contributed by atoms with Crippen LogP contribution in [0.2, 0.25) is 0 Å². The van der Waals surface area contributed by atoms with Gasteiger partial charge < -0.3 is 24.4 Å². The van der Waals surface area contributed by atoms with Gasteiger partial charge in [0.05, 0.1) is 7.11 Å². The minimum absolute atomic E-state index is 0.129. The van der Waals surface area contributed by atoms with Crippen LogP contribution in [-0.4, -0.2) is 48.0 Å². The summed E-state index contributed by atoms with van der Waals surface area (Å²) in [6, 6.07) is 18.7. The predicted octanol–water partition coefficient (Wildman–Crippen LogP) is 6.28. The Balaban J connectivity index is 1.45. The fourth-order valence-electron chi connectivity index (χ4n) is 5.35. The molecule has 0 saturated carbocycles. The maximum Gasteiger partial charge on any atom is 0.150 e. The summed E-state index contributed by atoms with van der Waals surface area (Å²) in [6.07, 6.45) is 0.846. The highest BCUT2D eigenvalue weighted by Gasteiger charge is 2.31. The molecule has 1 saturated heterocycles. The highest BCUT2D eigenvalue weighted by molar-refractivity contribution is 5.97. The molecule has 0 amide bonds. The Morgan fingerprint density at radius 1 is 1.00 bits per heavy atom. The summed E-state index contributed by atoms with van der Waals surface area (Å²) in [5, 5.41) is 20.2. The minimum Gasteiger partial charge on any atom is -0.508 e. The van der Waals surface area contributed by atoms with Gasteiger partial charge in [-0.15, -0.1) is 0 Å². The molecule has 3 unspecified atom stereocenters. The largest absolute Gasteiger partial charge is 0.508 e. The molecule has 2 aliphatic rings. The molecule has 3 atom stereocenters. The molecule has 2 N–H and O–H groups in total. The number of methoxy groups -OCH3 is 1. The second kappa shape index (κ2) is 10.4. The molecule has 2 heterocycles. The quantitative estimate of drug-likeness (QED) is 0.397. The van der Waals surface area contributed by atoms with Gasteiger partial charge in [0.25, 0.3) is 0 Å². The Hall–Kier alpha value is -3.64. The fraction of sp³-hybridized carbons (Fsp3) is 0.355. The second-order valence-corrected chi connectivity index (χ2v) is 10.2. The lowest BCUT2D eigenvalue weighted by atomic mass is 9.85. The summed E-state index contributed by atoms with van der Waals surface area (Å²) < 4.78 is 18.3. The van der Waals surface area contributed by atoms with Crippen LogP contribution in [0.15, 0.2) is 60.7 Å². The number of phenols is 2. The van der Waals surface area contributed by atoms with Crippen LogP contribution in [-0.2, 0) is 0 Å². The number of ether oxygens (including phenoxy) is 3. The first-order chi connectivity index (χ1) is 17.8. The van der Waals surface area contributed by atoms with E-state index in [0.717, 1.165) is 52.6 Å². The number of rotatable bonds is 7. The molecule has 3 aromatic carbocycles. The third-order valence-electron chi connectivity index (χ3n) is 7.51. The second-order valence-electron chi connectivity index (χ2n) is 10.2. The van der Waals surface area contributed by atoms with E-state index in [4.69, 9.17) is 14.2 Å². The van der Waals surface area contributed by atoms with Gasteiger partial charge in [0.1, 0.15) is 41.5 Å². The van der Waals surface area contributed by atoms with Gasteiger partial charge in [-0.1, -0.05) is 19.1 Å². The van der Waals surface area contributed by atoms with Crippen LogP contribution in [0.3, 0.4) is 0 Å². The molecule has 5 rings (SSSR count). The van der Waals surface area contributed by atoms with E-state index in [1.165, 1.54) is 6.42 Å². The molecule has 0 aliphatic carbocycles. The van der Waals surface area contributed by atoms with Crippen molar-refractivity contribution in [3.63, 3.8) is 0 Å². The molecule has 6 heteroatoms. The number of phenolic OH excluding ortho intramolecular Hbond substituents is 2. The summed E-state index contributed by atoms with van der Waals surface area (Å²) in [6.45, 7) is 9.47. The number of benzene rings is 3. The molecule has 3 aromatic rings. The summed E-state index contributed by atoms with van der Waals surface area (Å²) in [5.74, 6) is 3.14. The Kier molecular flexibility index (Phi) is 7.02. The first kappa shape index (κ1) is 25.0. The Labute approximate surface area is 218 Å². The van der Waals surface area contributed by atoms with Crippen LogP contribution in [0.1, 0.15) is 50.0 Å². The van der Waals surface area contributed by atoms with Gasteiger partial charge >= 0.3 is 0 Å². The number of aromatic hydroxyl groups is 2. The van der Waals surface area contributed by atoms with Gasteiger partial charge in [0.15, 0.2) is 0 Å². The zero-order chi connectivity index (χ0) is 26.1. The number of fused-ring (bicyclic) bond motifs is 1. The van der Waals surface area contributed by atoms with Crippen LogP contribution >= 0.6 is 0 Å². The Bertz CT molecular complexity index is 1300. The zero-order valence-corrected chi connectivity index (χ0v) is 21.9. The van der Waals surface area contributed by atoms with E-state index >= 15 is 0 Å². The topological polar surface area (TPSA) is 71.4 Å². The number of hydrogen-bond donors (Lipinski definition) is 2. The zero-order valence-electron chi connectivity index (χ0n) is 21.9. The van der Waals surface area contributed by atoms with Crippen LogP contribution in [0, 0.1) is 5.92 Å². The van der Waals surface area contributed by atoms with E-state index in [9.17, 15) is 10.2 Å². The first-order valence-corrected chi connectivity index (χ1v) is 12.9. The first-order valence-electron chi connectivity index (χ1n) is 12.9. The van der Waals surface area contributed by atoms with Crippen molar-refractivity contribution >= 4 is 11.1 Å². The average molecular weight is 502 g/mol. The third kappa shape index (κ3) is 5.12. The molecule has 0 bridgehead atoms. The number of hydrogen-bond acceptors (Lipinski definition) is 6. The molecular weight excluding hydrogens is 466 g/mol.